The smallest absolute Gasteiger partial charge is 0.230 e. The van der Waals surface area contributed by atoms with E-state index in [1.165, 1.54) is 51.4 Å². The van der Waals surface area contributed by atoms with E-state index in [0.29, 0.717) is 12.3 Å². The van der Waals surface area contributed by atoms with Gasteiger partial charge in [-0.2, -0.15) is 0 Å². The van der Waals surface area contributed by atoms with Gasteiger partial charge in [-0.25, -0.2) is 0 Å². The van der Waals surface area contributed by atoms with Crippen LogP contribution in [0.15, 0.2) is 0 Å². The zero-order valence-electron chi connectivity index (χ0n) is 21.6. The third-order valence-electron chi connectivity index (χ3n) is 7.82. The molecule has 184 valence electrons. The van der Waals surface area contributed by atoms with Gasteiger partial charge >= 0.3 is 0 Å². The monoisotopic (exact) mass is 448 g/mol. The number of nitrogens with one attached hydrogen (secondary N) is 1. The fourth-order valence-corrected chi connectivity index (χ4v) is 6.89. The Balaban J connectivity index is 2.01. The first-order valence-electron chi connectivity index (χ1n) is 13.1. The zero-order valence-corrected chi connectivity index (χ0v) is 21.6. The lowest BCUT2D eigenvalue weighted by Crippen LogP contribution is -2.63. The molecular weight excluding hydrogens is 400 g/mol. The highest BCUT2D eigenvalue weighted by Gasteiger charge is 2.50. The maximum absolute atomic E-state index is 12.6. The molecule has 0 aliphatic carbocycles. The highest BCUT2D eigenvalue weighted by molar-refractivity contribution is 6.03. The van der Waals surface area contributed by atoms with E-state index in [1.54, 1.807) is 6.92 Å². The van der Waals surface area contributed by atoms with Crippen LogP contribution in [0.5, 0.6) is 0 Å². The van der Waals surface area contributed by atoms with E-state index in [9.17, 15) is 14.4 Å². The number of amides is 3. The number of unbranched alkanes of at least 4 members (excludes halogenated alkanes) is 8. The number of hydrogen-bond acceptors (Lipinski definition) is 3. The van der Waals surface area contributed by atoms with E-state index in [-0.39, 0.29) is 40.6 Å². The van der Waals surface area contributed by atoms with Gasteiger partial charge in [-0.05, 0) is 58.8 Å². The van der Waals surface area contributed by atoms with Gasteiger partial charge in [0.15, 0.2) is 0 Å². The molecule has 2 fully saturated rings. The molecule has 2 rings (SSSR count). The Morgan fingerprint density at radius 2 is 1.44 bits per heavy atom. The van der Waals surface area contributed by atoms with Crippen LogP contribution in [0.3, 0.4) is 0 Å². The maximum atomic E-state index is 12.6. The summed E-state index contributed by atoms with van der Waals surface area (Å²) in [4.78, 5) is 39.1. The van der Waals surface area contributed by atoms with Crippen molar-refractivity contribution in [3.63, 3.8) is 0 Å². The molecule has 2 aliphatic rings. The number of likely N-dealkylation sites (tertiary alicyclic amines) is 1. The molecule has 2 heterocycles. The van der Waals surface area contributed by atoms with Crippen LogP contribution in [0, 0.1) is 17.8 Å². The fourth-order valence-electron chi connectivity index (χ4n) is 6.89. The summed E-state index contributed by atoms with van der Waals surface area (Å²) in [6.45, 7) is 12.5. The van der Waals surface area contributed by atoms with Crippen LogP contribution in [0.2, 0.25) is 0 Å². The minimum Gasteiger partial charge on any atom is -0.333 e. The van der Waals surface area contributed by atoms with Crippen LogP contribution in [-0.2, 0) is 14.4 Å². The third kappa shape index (κ3) is 7.05. The quantitative estimate of drug-likeness (QED) is 0.294. The van der Waals surface area contributed by atoms with Crippen molar-refractivity contribution in [2.45, 2.75) is 136 Å². The standard InChI is InChI=1S/C27H48N2O3/c1-7-8-9-10-11-12-13-14-15-16-22(23-17-24(31)28-25(23)32)21-18-26(3,4)29(20(2)30)27(5,6)19-21/h21-23H,7-19H2,1-6H3,(H,28,31,32). The predicted molar refractivity (Wildman–Crippen MR) is 130 cm³/mol. The lowest BCUT2D eigenvalue weighted by Gasteiger charge is -2.56. The molecular formula is C27H48N2O3. The van der Waals surface area contributed by atoms with Crippen molar-refractivity contribution in [2.75, 3.05) is 0 Å². The largest absolute Gasteiger partial charge is 0.333 e. The normalized spacial score (nSPS) is 23.9. The molecule has 5 nitrogen and oxygen atoms in total. The second-order valence-corrected chi connectivity index (χ2v) is 11.7. The maximum Gasteiger partial charge on any atom is 0.230 e. The van der Waals surface area contributed by atoms with Gasteiger partial charge in [-0.1, -0.05) is 64.7 Å². The molecule has 0 radical (unpaired) electrons. The lowest BCUT2D eigenvalue weighted by atomic mass is 9.64. The molecule has 0 spiro atoms. The number of hydrogen-bond donors (Lipinski definition) is 1. The van der Waals surface area contributed by atoms with Gasteiger partial charge in [-0.3, -0.25) is 19.7 Å². The highest BCUT2D eigenvalue weighted by atomic mass is 16.2. The van der Waals surface area contributed by atoms with Gasteiger partial charge in [0, 0.05) is 24.4 Å². The van der Waals surface area contributed by atoms with Crippen LogP contribution in [0.4, 0.5) is 0 Å². The van der Waals surface area contributed by atoms with Gasteiger partial charge in [0.1, 0.15) is 0 Å². The summed E-state index contributed by atoms with van der Waals surface area (Å²) in [5.41, 5.74) is -0.512. The molecule has 0 saturated carbocycles. The van der Waals surface area contributed by atoms with Crippen LogP contribution < -0.4 is 5.32 Å². The molecule has 1 N–H and O–H groups in total. The molecule has 2 aliphatic heterocycles. The number of piperidine rings is 1. The van der Waals surface area contributed by atoms with Crippen LogP contribution in [-0.4, -0.2) is 33.7 Å². The molecule has 3 amide bonds. The molecule has 2 atom stereocenters. The second-order valence-electron chi connectivity index (χ2n) is 11.7. The van der Waals surface area contributed by atoms with E-state index in [1.807, 2.05) is 4.90 Å². The zero-order chi connectivity index (χ0) is 23.9. The summed E-state index contributed by atoms with van der Waals surface area (Å²) >= 11 is 0. The Morgan fingerprint density at radius 1 is 0.938 bits per heavy atom. The van der Waals surface area contributed by atoms with E-state index in [0.717, 1.165) is 25.7 Å². The van der Waals surface area contributed by atoms with Gasteiger partial charge in [0.25, 0.3) is 0 Å². The van der Waals surface area contributed by atoms with E-state index in [2.05, 4.69) is 39.9 Å². The van der Waals surface area contributed by atoms with Crippen molar-refractivity contribution < 1.29 is 14.4 Å². The molecule has 0 aromatic carbocycles. The van der Waals surface area contributed by atoms with Crippen LogP contribution in [0.25, 0.3) is 0 Å². The van der Waals surface area contributed by atoms with Gasteiger partial charge in [-0.15, -0.1) is 0 Å². The molecule has 2 saturated heterocycles. The Kier molecular flexibility index (Phi) is 9.78. The Labute approximate surface area is 196 Å². The highest BCUT2D eigenvalue weighted by Crippen LogP contribution is 2.47. The van der Waals surface area contributed by atoms with Crippen LogP contribution in [0.1, 0.15) is 125 Å². The molecule has 0 aromatic heterocycles. The van der Waals surface area contributed by atoms with Crippen molar-refractivity contribution in [1.82, 2.24) is 10.2 Å². The van der Waals surface area contributed by atoms with Crippen LogP contribution >= 0.6 is 0 Å². The van der Waals surface area contributed by atoms with Crippen molar-refractivity contribution in [1.29, 1.82) is 0 Å². The number of rotatable bonds is 12. The first kappa shape index (κ1) is 26.9. The summed E-state index contributed by atoms with van der Waals surface area (Å²) in [7, 11) is 0. The topological polar surface area (TPSA) is 66.5 Å². The third-order valence-corrected chi connectivity index (χ3v) is 7.82. The molecule has 0 bridgehead atoms. The summed E-state index contributed by atoms with van der Waals surface area (Å²) in [6.07, 6.45) is 14.6. The Morgan fingerprint density at radius 3 is 1.88 bits per heavy atom. The molecule has 2 unspecified atom stereocenters. The summed E-state index contributed by atoms with van der Waals surface area (Å²) in [5.74, 6) is 0.238. The van der Waals surface area contributed by atoms with Crippen molar-refractivity contribution >= 4 is 17.7 Å². The number of imide groups is 1. The van der Waals surface area contributed by atoms with E-state index < -0.39 is 0 Å². The molecule has 5 heteroatoms. The van der Waals surface area contributed by atoms with Crippen molar-refractivity contribution in [3.05, 3.63) is 0 Å². The summed E-state index contributed by atoms with van der Waals surface area (Å²) < 4.78 is 0. The number of carbonyl (C=O) groups is 3. The first-order chi connectivity index (χ1) is 15.0. The number of carbonyl (C=O) groups excluding carboxylic acids is 3. The van der Waals surface area contributed by atoms with Gasteiger partial charge < -0.3 is 4.90 Å². The summed E-state index contributed by atoms with van der Waals surface area (Å²) in [5, 5.41) is 2.55. The van der Waals surface area contributed by atoms with Gasteiger partial charge in [0.05, 0.1) is 5.92 Å². The average Bonchev–Trinajstić information content (AvgIpc) is 2.98. The minimum absolute atomic E-state index is 0.0828. The minimum atomic E-state index is -0.256. The van der Waals surface area contributed by atoms with Gasteiger partial charge in [0.2, 0.25) is 17.7 Å². The number of nitrogens with zero attached hydrogens (tertiary/aromatic N) is 1. The Bertz CT molecular complexity index is 637. The second kappa shape index (κ2) is 11.7. The first-order valence-corrected chi connectivity index (χ1v) is 13.1. The molecule has 0 aromatic rings. The average molecular weight is 449 g/mol. The molecule has 32 heavy (non-hydrogen) atoms. The van der Waals surface area contributed by atoms with Crippen molar-refractivity contribution in [2.24, 2.45) is 17.8 Å². The van der Waals surface area contributed by atoms with E-state index >= 15 is 0 Å². The predicted octanol–water partition coefficient (Wildman–Crippen LogP) is 6.00. The van der Waals surface area contributed by atoms with Crippen molar-refractivity contribution in [3.8, 4) is 0 Å². The summed E-state index contributed by atoms with van der Waals surface area (Å²) in [6, 6.07) is 0. The lowest BCUT2D eigenvalue weighted by molar-refractivity contribution is -0.152. The Hall–Kier alpha value is -1.39. The SMILES string of the molecule is CCCCCCCCCCCC(C1CC(C)(C)N(C(C)=O)C(C)(C)C1)C1CC(=O)NC1=O. The van der Waals surface area contributed by atoms with E-state index in [4.69, 9.17) is 0 Å². The fraction of sp³-hybridized carbons (Fsp3) is 0.889.